The van der Waals surface area contributed by atoms with Crippen molar-refractivity contribution < 1.29 is 18.0 Å². The third kappa shape index (κ3) is 6.39. The van der Waals surface area contributed by atoms with Crippen molar-refractivity contribution in [2.75, 3.05) is 11.9 Å². The predicted octanol–water partition coefficient (Wildman–Crippen LogP) is 4.97. The van der Waals surface area contributed by atoms with Crippen molar-refractivity contribution in [2.24, 2.45) is 7.05 Å². The minimum absolute atomic E-state index is 0.00104. The van der Waals surface area contributed by atoms with E-state index in [9.17, 15) is 18.0 Å². The third-order valence-corrected chi connectivity index (χ3v) is 5.81. The third-order valence-electron chi connectivity index (χ3n) is 5.81. The molecule has 188 valence electrons. The van der Waals surface area contributed by atoms with E-state index in [4.69, 9.17) is 5.26 Å². The Balaban J connectivity index is 1.53. The molecule has 0 aliphatic heterocycles. The fourth-order valence-corrected chi connectivity index (χ4v) is 3.86. The van der Waals surface area contributed by atoms with Crippen LogP contribution < -0.4 is 10.6 Å². The molecule has 0 radical (unpaired) electrons. The maximum Gasteiger partial charge on any atom is 0.396 e. The van der Waals surface area contributed by atoms with Crippen LogP contribution in [-0.4, -0.2) is 33.4 Å². The Morgan fingerprint density at radius 3 is 2.30 bits per heavy atom. The summed E-state index contributed by atoms with van der Waals surface area (Å²) in [6.07, 6.45) is 0.538. The maximum atomic E-state index is 13.9. The molecule has 0 saturated heterocycles. The van der Waals surface area contributed by atoms with Crippen molar-refractivity contribution in [1.29, 1.82) is 5.26 Å². The van der Waals surface area contributed by atoms with Crippen molar-refractivity contribution in [3.05, 3.63) is 102 Å². The molecule has 7 nitrogen and oxygen atoms in total. The average Bonchev–Trinajstić information content (AvgIpc) is 3.33. The molecular formula is C27H23F3N6O. The summed E-state index contributed by atoms with van der Waals surface area (Å²) in [5.74, 6) is -2.16. The number of amides is 1. The Morgan fingerprint density at radius 1 is 1.00 bits per heavy atom. The fraction of sp³-hybridized carbons (Fsp3) is 0.185. The number of carbonyl (C=O) groups excluding carboxylic acids is 1. The van der Waals surface area contributed by atoms with Crippen molar-refractivity contribution in [3.8, 4) is 17.2 Å². The van der Waals surface area contributed by atoms with Crippen LogP contribution in [0.4, 0.5) is 19.0 Å². The van der Waals surface area contributed by atoms with Gasteiger partial charge in [-0.3, -0.25) is 9.48 Å². The summed E-state index contributed by atoms with van der Waals surface area (Å²) in [4.78, 5) is 17.5. The van der Waals surface area contributed by atoms with Gasteiger partial charge in [0.05, 0.1) is 23.7 Å². The van der Waals surface area contributed by atoms with Gasteiger partial charge >= 0.3 is 6.18 Å². The first-order chi connectivity index (χ1) is 17.7. The number of aromatic nitrogens is 3. The summed E-state index contributed by atoms with van der Waals surface area (Å²) in [7, 11) is 1.80. The minimum Gasteiger partial charge on any atom is -0.309 e. The van der Waals surface area contributed by atoms with Gasteiger partial charge in [-0.1, -0.05) is 42.5 Å². The molecule has 2 aromatic carbocycles. The molecule has 2 heterocycles. The molecule has 1 amide bonds. The van der Waals surface area contributed by atoms with E-state index in [0.717, 1.165) is 11.1 Å². The zero-order valence-electron chi connectivity index (χ0n) is 19.8. The van der Waals surface area contributed by atoms with Gasteiger partial charge in [0.2, 0.25) is 5.91 Å². The lowest BCUT2D eigenvalue weighted by Crippen LogP contribution is -2.39. The van der Waals surface area contributed by atoms with Crippen molar-refractivity contribution in [3.63, 3.8) is 0 Å². The molecule has 0 bridgehead atoms. The summed E-state index contributed by atoms with van der Waals surface area (Å²) in [6.45, 7) is -0.546. The number of anilines is 1. The van der Waals surface area contributed by atoms with Crippen molar-refractivity contribution >= 4 is 11.7 Å². The van der Waals surface area contributed by atoms with Crippen molar-refractivity contribution in [2.45, 2.75) is 18.1 Å². The van der Waals surface area contributed by atoms with Gasteiger partial charge in [0.25, 0.3) is 0 Å². The number of aryl methyl sites for hydroxylation is 1. The molecule has 0 aliphatic rings. The van der Waals surface area contributed by atoms with Crippen LogP contribution in [0.3, 0.4) is 0 Å². The Hall–Kier alpha value is -4.49. The second-order valence-corrected chi connectivity index (χ2v) is 8.40. The lowest BCUT2D eigenvalue weighted by molar-refractivity contribution is -0.150. The first kappa shape index (κ1) is 25.6. The fourth-order valence-electron chi connectivity index (χ4n) is 3.86. The number of benzene rings is 2. The summed E-state index contributed by atoms with van der Waals surface area (Å²) < 4.78 is 43.5. The lowest BCUT2D eigenvalue weighted by Gasteiger charge is -2.25. The number of nitrogens with one attached hydrogen (secondary N) is 2. The molecule has 0 fully saturated rings. The Bertz CT molecular complexity index is 1380. The molecule has 0 spiro atoms. The molecular weight excluding hydrogens is 481 g/mol. The van der Waals surface area contributed by atoms with Crippen LogP contribution in [-0.2, 0) is 11.8 Å². The summed E-state index contributed by atoms with van der Waals surface area (Å²) in [6, 6.07) is 18.0. The number of alkyl halides is 3. The van der Waals surface area contributed by atoms with E-state index in [1.165, 1.54) is 24.3 Å². The van der Waals surface area contributed by atoms with E-state index in [0.29, 0.717) is 5.56 Å². The van der Waals surface area contributed by atoms with Crippen LogP contribution in [0.1, 0.15) is 28.7 Å². The highest BCUT2D eigenvalue weighted by atomic mass is 19.4. The molecule has 0 unspecified atom stereocenters. The van der Waals surface area contributed by atoms with E-state index in [1.54, 1.807) is 66.6 Å². The van der Waals surface area contributed by atoms with E-state index in [2.05, 4.69) is 20.7 Å². The largest absolute Gasteiger partial charge is 0.396 e. The summed E-state index contributed by atoms with van der Waals surface area (Å²) in [5.41, 5.74) is 2.43. The van der Waals surface area contributed by atoms with E-state index in [1.807, 2.05) is 12.3 Å². The monoisotopic (exact) mass is 504 g/mol. The van der Waals surface area contributed by atoms with E-state index < -0.39 is 30.6 Å². The number of nitriles is 1. The maximum absolute atomic E-state index is 13.9. The van der Waals surface area contributed by atoms with Gasteiger partial charge in [-0.05, 0) is 35.4 Å². The Kier molecular flexibility index (Phi) is 7.65. The van der Waals surface area contributed by atoms with Crippen LogP contribution in [0.25, 0.3) is 11.1 Å². The van der Waals surface area contributed by atoms with Gasteiger partial charge < -0.3 is 10.6 Å². The standard InChI is InChI=1S/C27H23F3N6O/c1-36-17-22(15-34-36)21-11-12-24(32-14-21)35-26(37)25(20-5-3-2-4-6-20)33-16-23(27(28,29)30)19-9-7-18(13-31)8-10-19/h2-12,14-15,17,23,25,33H,16H2,1H3,(H,32,35,37)/t23-,25-/m0/s1. The van der Waals surface area contributed by atoms with Gasteiger partial charge in [-0.15, -0.1) is 0 Å². The highest BCUT2D eigenvalue weighted by molar-refractivity contribution is 5.95. The van der Waals surface area contributed by atoms with Crippen LogP contribution in [0.5, 0.6) is 0 Å². The molecule has 4 rings (SSSR count). The highest BCUT2D eigenvalue weighted by Crippen LogP contribution is 2.35. The van der Waals surface area contributed by atoms with Gasteiger partial charge in [0, 0.05) is 37.1 Å². The van der Waals surface area contributed by atoms with Crippen LogP contribution in [0.2, 0.25) is 0 Å². The summed E-state index contributed by atoms with van der Waals surface area (Å²) in [5, 5.41) is 18.6. The molecule has 2 aromatic heterocycles. The van der Waals surface area contributed by atoms with Gasteiger partial charge in [-0.2, -0.15) is 23.5 Å². The number of halogens is 3. The second-order valence-electron chi connectivity index (χ2n) is 8.40. The number of rotatable bonds is 8. The Morgan fingerprint density at radius 2 is 1.73 bits per heavy atom. The molecule has 0 saturated carbocycles. The highest BCUT2D eigenvalue weighted by Gasteiger charge is 2.41. The second kappa shape index (κ2) is 11.1. The lowest BCUT2D eigenvalue weighted by atomic mass is 9.96. The smallest absolute Gasteiger partial charge is 0.309 e. The number of pyridine rings is 1. The van der Waals surface area contributed by atoms with Gasteiger partial charge in [-0.25, -0.2) is 4.98 Å². The SMILES string of the molecule is Cn1cc(-c2ccc(NC(=O)[C@@H](NC[C@@H](c3ccc(C#N)cc3)C(F)(F)F)c3ccccc3)nc2)cn1. The first-order valence-electron chi connectivity index (χ1n) is 11.4. The average molecular weight is 505 g/mol. The van der Waals surface area contributed by atoms with Gasteiger partial charge in [0.15, 0.2) is 0 Å². The Labute approximate surface area is 211 Å². The molecule has 0 aliphatic carbocycles. The number of hydrogen-bond acceptors (Lipinski definition) is 5. The van der Waals surface area contributed by atoms with Crippen LogP contribution in [0, 0.1) is 11.3 Å². The predicted molar refractivity (Wildman–Crippen MR) is 132 cm³/mol. The van der Waals surface area contributed by atoms with E-state index >= 15 is 0 Å². The molecule has 37 heavy (non-hydrogen) atoms. The first-order valence-corrected chi connectivity index (χ1v) is 11.4. The zero-order chi connectivity index (χ0) is 26.4. The molecule has 2 atom stereocenters. The van der Waals surface area contributed by atoms with Crippen LogP contribution >= 0.6 is 0 Å². The van der Waals surface area contributed by atoms with Gasteiger partial charge in [0.1, 0.15) is 11.9 Å². The van der Waals surface area contributed by atoms with Crippen molar-refractivity contribution in [1.82, 2.24) is 20.1 Å². The summed E-state index contributed by atoms with van der Waals surface area (Å²) >= 11 is 0. The molecule has 2 N–H and O–H groups in total. The topological polar surface area (TPSA) is 95.6 Å². The van der Waals surface area contributed by atoms with E-state index in [-0.39, 0.29) is 16.9 Å². The molecule has 4 aromatic rings. The number of hydrogen-bond donors (Lipinski definition) is 2. The number of carbonyl (C=O) groups is 1. The quantitative estimate of drug-likeness (QED) is 0.353. The molecule has 10 heteroatoms. The zero-order valence-corrected chi connectivity index (χ0v) is 19.8. The van der Waals surface area contributed by atoms with Crippen LogP contribution in [0.15, 0.2) is 85.3 Å². The minimum atomic E-state index is -4.57. The normalized spacial score (nSPS) is 12.9. The number of nitrogens with zero attached hydrogens (tertiary/aromatic N) is 4.